The normalized spacial score (nSPS) is 10.2. The molecule has 3 nitrogen and oxygen atoms in total. The number of halogens is 1. The summed E-state index contributed by atoms with van der Waals surface area (Å²) in [6.45, 7) is 1.50. The minimum atomic E-state index is 0.552. The lowest BCUT2D eigenvalue weighted by Gasteiger charge is -2.07. The van der Waals surface area contributed by atoms with Crippen molar-refractivity contribution in [2.24, 2.45) is 0 Å². The number of nitrogens with one attached hydrogen (secondary N) is 1. The van der Waals surface area contributed by atoms with Gasteiger partial charge in [0, 0.05) is 18.0 Å². The summed E-state index contributed by atoms with van der Waals surface area (Å²) in [5.74, 6) is 0.612. The minimum absolute atomic E-state index is 0.552. The van der Waals surface area contributed by atoms with E-state index < -0.39 is 0 Å². The number of methoxy groups -OCH3 is 1. The second-order valence-corrected chi connectivity index (χ2v) is 5.76. The first-order valence-corrected chi connectivity index (χ1v) is 6.94. The van der Waals surface area contributed by atoms with Crippen LogP contribution in [0.1, 0.15) is 16.0 Å². The van der Waals surface area contributed by atoms with Gasteiger partial charge in [-0.3, -0.25) is 0 Å². The third-order valence-electron chi connectivity index (χ3n) is 2.64. The maximum absolute atomic E-state index is 8.91. The zero-order valence-corrected chi connectivity index (χ0v) is 12.0. The van der Waals surface area contributed by atoms with Gasteiger partial charge in [-0.15, -0.1) is 11.3 Å². The Morgan fingerprint density at radius 2 is 2.16 bits per heavy atom. The van der Waals surface area contributed by atoms with Crippen LogP contribution >= 0.6 is 22.9 Å². The molecule has 0 aliphatic rings. The average molecular weight is 293 g/mol. The molecule has 2 rings (SSSR count). The van der Waals surface area contributed by atoms with E-state index in [1.807, 2.05) is 24.3 Å². The van der Waals surface area contributed by atoms with E-state index in [1.165, 1.54) is 4.88 Å². The zero-order chi connectivity index (χ0) is 13.7. The van der Waals surface area contributed by atoms with Gasteiger partial charge in [-0.1, -0.05) is 17.7 Å². The molecule has 0 saturated heterocycles. The van der Waals surface area contributed by atoms with Crippen LogP contribution < -0.4 is 10.1 Å². The molecule has 5 heteroatoms. The third kappa shape index (κ3) is 3.71. The molecule has 0 spiro atoms. The lowest BCUT2D eigenvalue weighted by atomic mass is 10.1. The minimum Gasteiger partial charge on any atom is -0.495 e. The van der Waals surface area contributed by atoms with Gasteiger partial charge in [-0.2, -0.15) is 5.26 Å². The molecule has 0 saturated carbocycles. The Kier molecular flexibility index (Phi) is 4.80. The first-order chi connectivity index (χ1) is 9.22. The number of hydrogen-bond acceptors (Lipinski definition) is 4. The summed E-state index contributed by atoms with van der Waals surface area (Å²) < 4.78 is 5.98. The second kappa shape index (κ2) is 6.58. The first kappa shape index (κ1) is 13.9. The fourth-order valence-electron chi connectivity index (χ4n) is 1.71. The Hall–Kier alpha value is -1.54. The number of ether oxygens (including phenoxy) is 1. The summed E-state index contributed by atoms with van der Waals surface area (Å²) in [4.78, 5) is 1.20. The van der Waals surface area contributed by atoms with Crippen LogP contribution in [0.4, 0.5) is 0 Å². The lowest BCUT2D eigenvalue weighted by Crippen LogP contribution is -2.11. The summed E-state index contributed by atoms with van der Waals surface area (Å²) in [5.41, 5.74) is 1.63. The average Bonchev–Trinajstić information content (AvgIpc) is 2.84. The molecular formula is C14H13ClN2OS. The van der Waals surface area contributed by atoms with Crippen molar-refractivity contribution in [1.29, 1.82) is 5.26 Å². The van der Waals surface area contributed by atoms with E-state index in [4.69, 9.17) is 21.6 Å². The van der Waals surface area contributed by atoms with Crippen LogP contribution in [0.3, 0.4) is 0 Å². The molecule has 2 aromatic rings. The van der Waals surface area contributed by atoms with Gasteiger partial charge >= 0.3 is 0 Å². The molecule has 0 fully saturated rings. The van der Waals surface area contributed by atoms with Gasteiger partial charge in [-0.05, 0) is 29.8 Å². The number of hydrogen-bond donors (Lipinski definition) is 1. The largest absolute Gasteiger partial charge is 0.495 e. The fourth-order valence-corrected chi connectivity index (χ4v) is 2.77. The van der Waals surface area contributed by atoms with Gasteiger partial charge in [0.2, 0.25) is 0 Å². The Labute approximate surface area is 121 Å². The predicted molar refractivity (Wildman–Crippen MR) is 77.6 cm³/mol. The molecule has 19 heavy (non-hydrogen) atoms. The number of benzene rings is 1. The molecule has 1 aromatic heterocycles. The molecule has 0 atom stereocenters. The van der Waals surface area contributed by atoms with Crippen LogP contribution in [0, 0.1) is 11.3 Å². The maximum Gasteiger partial charge on any atom is 0.136 e. The fraction of sp³-hybridized carbons (Fsp3) is 0.214. The molecule has 1 heterocycles. The number of nitriles is 1. The topological polar surface area (TPSA) is 45.0 Å². The standard InChI is InChI=1S/C14H13ClN2OS/c1-18-13-6-10(2-3-11(13)7-16)8-17-9-12-4-5-14(15)19-12/h2-6,17H,8-9H2,1H3. The Balaban J connectivity index is 1.94. The van der Waals surface area contributed by atoms with E-state index in [2.05, 4.69) is 11.4 Å². The lowest BCUT2D eigenvalue weighted by molar-refractivity contribution is 0.412. The predicted octanol–water partition coefficient (Wildman–Crippen LogP) is 3.57. The molecule has 0 unspecified atom stereocenters. The van der Waals surface area contributed by atoms with Crippen molar-refractivity contribution >= 4 is 22.9 Å². The molecule has 1 N–H and O–H groups in total. The molecule has 0 amide bonds. The molecule has 98 valence electrons. The van der Waals surface area contributed by atoms with Crippen molar-refractivity contribution < 1.29 is 4.74 Å². The first-order valence-electron chi connectivity index (χ1n) is 5.75. The van der Waals surface area contributed by atoms with Crippen molar-refractivity contribution in [3.63, 3.8) is 0 Å². The second-order valence-electron chi connectivity index (χ2n) is 3.96. The van der Waals surface area contributed by atoms with Crippen LogP contribution in [0.15, 0.2) is 30.3 Å². The van der Waals surface area contributed by atoms with Crippen LogP contribution in [0.2, 0.25) is 4.34 Å². The van der Waals surface area contributed by atoms with Crippen LogP contribution in [0.25, 0.3) is 0 Å². The molecule has 0 aliphatic carbocycles. The monoisotopic (exact) mass is 292 g/mol. The summed E-state index contributed by atoms with van der Waals surface area (Å²) in [6, 6.07) is 11.6. The van der Waals surface area contributed by atoms with Gasteiger partial charge in [0.05, 0.1) is 17.0 Å². The van der Waals surface area contributed by atoms with Crippen molar-refractivity contribution in [1.82, 2.24) is 5.32 Å². The highest BCUT2D eigenvalue weighted by Crippen LogP contribution is 2.22. The highest BCUT2D eigenvalue weighted by atomic mass is 35.5. The van der Waals surface area contributed by atoms with Crippen LogP contribution in [-0.2, 0) is 13.1 Å². The highest BCUT2D eigenvalue weighted by Gasteiger charge is 2.04. The van der Waals surface area contributed by atoms with Crippen molar-refractivity contribution in [2.45, 2.75) is 13.1 Å². The van der Waals surface area contributed by atoms with Gasteiger partial charge < -0.3 is 10.1 Å². The molecule has 0 bridgehead atoms. The summed E-state index contributed by atoms with van der Waals surface area (Å²) in [6.07, 6.45) is 0. The highest BCUT2D eigenvalue weighted by molar-refractivity contribution is 7.16. The summed E-state index contributed by atoms with van der Waals surface area (Å²) in [7, 11) is 1.57. The van der Waals surface area contributed by atoms with Crippen LogP contribution in [-0.4, -0.2) is 7.11 Å². The van der Waals surface area contributed by atoms with Gasteiger partial charge in [-0.25, -0.2) is 0 Å². The Morgan fingerprint density at radius 1 is 1.32 bits per heavy atom. The van der Waals surface area contributed by atoms with E-state index >= 15 is 0 Å². The number of nitrogens with zero attached hydrogens (tertiary/aromatic N) is 1. The SMILES string of the molecule is COc1cc(CNCc2ccc(Cl)s2)ccc1C#N. The molecule has 1 aromatic carbocycles. The Morgan fingerprint density at radius 3 is 2.79 bits per heavy atom. The van der Waals surface area contributed by atoms with E-state index in [0.29, 0.717) is 11.3 Å². The van der Waals surface area contributed by atoms with Crippen molar-refractivity contribution in [2.75, 3.05) is 7.11 Å². The van der Waals surface area contributed by atoms with Gasteiger partial charge in [0.25, 0.3) is 0 Å². The van der Waals surface area contributed by atoms with Gasteiger partial charge in [0.15, 0.2) is 0 Å². The van der Waals surface area contributed by atoms with E-state index in [0.717, 1.165) is 23.0 Å². The van der Waals surface area contributed by atoms with E-state index in [1.54, 1.807) is 24.5 Å². The summed E-state index contributed by atoms with van der Waals surface area (Å²) >= 11 is 7.44. The van der Waals surface area contributed by atoms with E-state index in [9.17, 15) is 0 Å². The molecule has 0 aliphatic heterocycles. The van der Waals surface area contributed by atoms with Gasteiger partial charge in [0.1, 0.15) is 11.8 Å². The van der Waals surface area contributed by atoms with Crippen LogP contribution in [0.5, 0.6) is 5.75 Å². The number of rotatable bonds is 5. The number of thiophene rings is 1. The zero-order valence-electron chi connectivity index (χ0n) is 10.4. The molecule has 0 radical (unpaired) electrons. The van der Waals surface area contributed by atoms with Crippen molar-refractivity contribution in [3.8, 4) is 11.8 Å². The quantitative estimate of drug-likeness (QED) is 0.916. The molecular weight excluding hydrogens is 280 g/mol. The Bertz CT molecular complexity index is 604. The smallest absolute Gasteiger partial charge is 0.136 e. The summed E-state index contributed by atoms with van der Waals surface area (Å²) in [5, 5.41) is 12.2. The van der Waals surface area contributed by atoms with E-state index in [-0.39, 0.29) is 0 Å². The maximum atomic E-state index is 8.91. The third-order valence-corrected chi connectivity index (χ3v) is 3.87. The van der Waals surface area contributed by atoms with Crippen molar-refractivity contribution in [3.05, 3.63) is 50.7 Å².